The highest BCUT2D eigenvalue weighted by atomic mass is 16.5. The van der Waals surface area contributed by atoms with Gasteiger partial charge in [0.05, 0.1) is 6.61 Å². The lowest BCUT2D eigenvalue weighted by Crippen LogP contribution is -2.08. The van der Waals surface area contributed by atoms with Crippen molar-refractivity contribution in [1.29, 1.82) is 0 Å². The maximum Gasteiger partial charge on any atom is 0.119 e. The minimum Gasteiger partial charge on any atom is -0.491 e. The standard InChI is InChI=1S/C18H23NO2/c1-14-6-4-5-7-18(14)15(2)19-16-8-10-17(11-9-16)21-13-12-20-3/h4-11,15,19H,12-13H2,1-3H3. The van der Waals surface area contributed by atoms with Gasteiger partial charge in [0.15, 0.2) is 0 Å². The van der Waals surface area contributed by atoms with Crippen LogP contribution in [0.3, 0.4) is 0 Å². The molecule has 2 aromatic carbocycles. The van der Waals surface area contributed by atoms with Gasteiger partial charge >= 0.3 is 0 Å². The second-order valence-corrected chi connectivity index (χ2v) is 5.09. The topological polar surface area (TPSA) is 30.5 Å². The maximum absolute atomic E-state index is 5.56. The molecule has 0 saturated heterocycles. The van der Waals surface area contributed by atoms with Crippen LogP contribution < -0.4 is 10.1 Å². The summed E-state index contributed by atoms with van der Waals surface area (Å²) in [7, 11) is 1.67. The van der Waals surface area contributed by atoms with Crippen molar-refractivity contribution in [2.24, 2.45) is 0 Å². The number of nitrogens with one attached hydrogen (secondary N) is 1. The van der Waals surface area contributed by atoms with Crippen LogP contribution in [-0.2, 0) is 4.74 Å². The molecule has 2 aromatic rings. The fourth-order valence-corrected chi connectivity index (χ4v) is 2.29. The Balaban J connectivity index is 1.95. The monoisotopic (exact) mass is 285 g/mol. The number of rotatable bonds is 7. The highest BCUT2D eigenvalue weighted by molar-refractivity contribution is 5.48. The van der Waals surface area contributed by atoms with Crippen LogP contribution in [0.1, 0.15) is 24.1 Å². The molecule has 0 saturated carbocycles. The molecule has 2 rings (SSSR count). The smallest absolute Gasteiger partial charge is 0.119 e. The van der Waals surface area contributed by atoms with Crippen molar-refractivity contribution in [3.63, 3.8) is 0 Å². The van der Waals surface area contributed by atoms with E-state index in [4.69, 9.17) is 9.47 Å². The van der Waals surface area contributed by atoms with Gasteiger partial charge in [0, 0.05) is 18.8 Å². The van der Waals surface area contributed by atoms with Gasteiger partial charge in [-0.15, -0.1) is 0 Å². The Morgan fingerprint density at radius 2 is 1.71 bits per heavy atom. The Bertz CT molecular complexity index is 551. The van der Waals surface area contributed by atoms with Crippen LogP contribution in [0, 0.1) is 6.92 Å². The molecule has 21 heavy (non-hydrogen) atoms. The molecule has 3 nitrogen and oxygen atoms in total. The lowest BCUT2D eigenvalue weighted by atomic mass is 10.0. The lowest BCUT2D eigenvalue weighted by Gasteiger charge is -2.18. The first-order chi connectivity index (χ1) is 10.2. The van der Waals surface area contributed by atoms with Gasteiger partial charge in [-0.25, -0.2) is 0 Å². The third-order valence-electron chi connectivity index (χ3n) is 3.45. The predicted molar refractivity (Wildman–Crippen MR) is 87.0 cm³/mol. The molecule has 1 N–H and O–H groups in total. The van der Waals surface area contributed by atoms with Crippen molar-refractivity contribution >= 4 is 5.69 Å². The summed E-state index contributed by atoms with van der Waals surface area (Å²) in [5.41, 5.74) is 3.71. The molecular weight excluding hydrogens is 262 g/mol. The third kappa shape index (κ3) is 4.50. The van der Waals surface area contributed by atoms with Crippen molar-refractivity contribution < 1.29 is 9.47 Å². The molecule has 0 heterocycles. The highest BCUT2D eigenvalue weighted by Gasteiger charge is 2.07. The number of hydrogen-bond donors (Lipinski definition) is 1. The summed E-state index contributed by atoms with van der Waals surface area (Å²) in [6.07, 6.45) is 0. The van der Waals surface area contributed by atoms with Crippen LogP contribution in [0.2, 0.25) is 0 Å². The molecule has 0 fully saturated rings. The number of benzene rings is 2. The van der Waals surface area contributed by atoms with Gasteiger partial charge in [-0.3, -0.25) is 0 Å². The van der Waals surface area contributed by atoms with E-state index in [1.54, 1.807) is 7.11 Å². The highest BCUT2D eigenvalue weighted by Crippen LogP contribution is 2.23. The van der Waals surface area contributed by atoms with Gasteiger partial charge in [0.1, 0.15) is 12.4 Å². The first-order valence-corrected chi connectivity index (χ1v) is 7.24. The van der Waals surface area contributed by atoms with Crippen molar-refractivity contribution in [3.8, 4) is 5.75 Å². The summed E-state index contributed by atoms with van der Waals surface area (Å²) in [6.45, 7) is 5.48. The minimum absolute atomic E-state index is 0.270. The summed E-state index contributed by atoms with van der Waals surface area (Å²) in [5, 5.41) is 3.51. The van der Waals surface area contributed by atoms with Crippen LogP contribution in [0.5, 0.6) is 5.75 Å². The predicted octanol–water partition coefficient (Wildman–Crippen LogP) is 4.19. The molecule has 0 bridgehead atoms. The molecule has 0 aromatic heterocycles. The Hall–Kier alpha value is -2.00. The van der Waals surface area contributed by atoms with Gasteiger partial charge in [-0.05, 0) is 49.2 Å². The summed E-state index contributed by atoms with van der Waals surface area (Å²) in [6, 6.07) is 16.7. The van der Waals surface area contributed by atoms with E-state index < -0.39 is 0 Å². The Morgan fingerprint density at radius 3 is 2.38 bits per heavy atom. The van der Waals surface area contributed by atoms with E-state index >= 15 is 0 Å². The Labute approximate surface area is 126 Å². The van der Waals surface area contributed by atoms with E-state index in [0.29, 0.717) is 13.2 Å². The van der Waals surface area contributed by atoms with E-state index in [9.17, 15) is 0 Å². The summed E-state index contributed by atoms with van der Waals surface area (Å²) < 4.78 is 10.5. The molecule has 0 aliphatic carbocycles. The summed E-state index contributed by atoms with van der Waals surface area (Å²) in [5.74, 6) is 0.862. The van der Waals surface area contributed by atoms with Crippen LogP contribution in [0.15, 0.2) is 48.5 Å². The summed E-state index contributed by atoms with van der Waals surface area (Å²) >= 11 is 0. The van der Waals surface area contributed by atoms with E-state index in [2.05, 4.69) is 43.4 Å². The van der Waals surface area contributed by atoms with Crippen LogP contribution in [-0.4, -0.2) is 20.3 Å². The van der Waals surface area contributed by atoms with Crippen molar-refractivity contribution in [3.05, 3.63) is 59.7 Å². The molecule has 0 radical (unpaired) electrons. The van der Waals surface area contributed by atoms with Crippen molar-refractivity contribution in [1.82, 2.24) is 0 Å². The largest absolute Gasteiger partial charge is 0.491 e. The molecule has 112 valence electrons. The SMILES string of the molecule is COCCOc1ccc(NC(C)c2ccccc2C)cc1. The van der Waals surface area contributed by atoms with Crippen molar-refractivity contribution in [2.75, 3.05) is 25.6 Å². The van der Waals surface area contributed by atoms with Gasteiger partial charge < -0.3 is 14.8 Å². The molecule has 0 aliphatic heterocycles. The first-order valence-electron chi connectivity index (χ1n) is 7.24. The zero-order valence-electron chi connectivity index (χ0n) is 12.9. The summed E-state index contributed by atoms with van der Waals surface area (Å²) in [4.78, 5) is 0. The van der Waals surface area contributed by atoms with Crippen LogP contribution >= 0.6 is 0 Å². The Morgan fingerprint density at radius 1 is 1.00 bits per heavy atom. The van der Waals surface area contributed by atoms with Crippen LogP contribution in [0.25, 0.3) is 0 Å². The molecule has 1 unspecified atom stereocenters. The molecular formula is C18H23NO2. The fraction of sp³-hybridized carbons (Fsp3) is 0.333. The number of aryl methyl sites for hydroxylation is 1. The number of ether oxygens (including phenoxy) is 2. The van der Waals surface area contributed by atoms with Gasteiger partial charge in [0.2, 0.25) is 0 Å². The number of anilines is 1. The fourth-order valence-electron chi connectivity index (χ4n) is 2.29. The molecule has 0 spiro atoms. The van der Waals surface area contributed by atoms with E-state index in [1.807, 2.05) is 24.3 Å². The van der Waals surface area contributed by atoms with E-state index in [-0.39, 0.29) is 6.04 Å². The second kappa shape index (κ2) is 7.70. The third-order valence-corrected chi connectivity index (χ3v) is 3.45. The maximum atomic E-state index is 5.56. The van der Waals surface area contributed by atoms with E-state index in [1.165, 1.54) is 11.1 Å². The molecule has 0 aliphatic rings. The zero-order valence-corrected chi connectivity index (χ0v) is 12.9. The van der Waals surface area contributed by atoms with Gasteiger partial charge in [0.25, 0.3) is 0 Å². The second-order valence-electron chi connectivity index (χ2n) is 5.09. The molecule has 1 atom stereocenters. The molecule has 3 heteroatoms. The zero-order chi connectivity index (χ0) is 15.1. The average molecular weight is 285 g/mol. The quantitative estimate of drug-likeness (QED) is 0.774. The number of methoxy groups -OCH3 is 1. The van der Waals surface area contributed by atoms with Gasteiger partial charge in [-0.1, -0.05) is 24.3 Å². The lowest BCUT2D eigenvalue weighted by molar-refractivity contribution is 0.146. The first kappa shape index (κ1) is 15.4. The number of hydrogen-bond acceptors (Lipinski definition) is 3. The van der Waals surface area contributed by atoms with Crippen molar-refractivity contribution in [2.45, 2.75) is 19.9 Å². The normalized spacial score (nSPS) is 12.0. The molecule has 0 amide bonds. The Kier molecular flexibility index (Phi) is 5.64. The van der Waals surface area contributed by atoms with Crippen LogP contribution in [0.4, 0.5) is 5.69 Å². The van der Waals surface area contributed by atoms with Gasteiger partial charge in [-0.2, -0.15) is 0 Å². The average Bonchev–Trinajstić information content (AvgIpc) is 2.49. The van der Waals surface area contributed by atoms with E-state index in [0.717, 1.165) is 11.4 Å². The minimum atomic E-state index is 0.270.